The van der Waals surface area contributed by atoms with Crippen molar-refractivity contribution < 1.29 is 19.0 Å². The first-order valence-electron chi connectivity index (χ1n) is 6.38. The average molecular weight is 278 g/mol. The number of aryl methyl sites for hydroxylation is 1. The van der Waals surface area contributed by atoms with E-state index in [1.165, 1.54) is 4.68 Å². The fourth-order valence-electron chi connectivity index (χ4n) is 1.98. The third-order valence-electron chi connectivity index (χ3n) is 2.91. The van der Waals surface area contributed by atoms with Crippen LogP contribution in [0.25, 0.3) is 5.69 Å². The van der Waals surface area contributed by atoms with Crippen LogP contribution < -0.4 is 15.2 Å². The van der Waals surface area contributed by atoms with Crippen LogP contribution in [0.5, 0.6) is 11.5 Å². The molecule has 0 radical (unpaired) electrons. The van der Waals surface area contributed by atoms with Crippen LogP contribution in [0.1, 0.15) is 12.3 Å². The largest absolute Gasteiger partial charge is 0.486 e. The molecule has 0 unspecified atom stereocenters. The molecule has 0 amide bonds. The predicted molar refractivity (Wildman–Crippen MR) is 68.5 cm³/mol. The van der Waals surface area contributed by atoms with Crippen LogP contribution in [-0.4, -0.2) is 34.7 Å². The van der Waals surface area contributed by atoms with Crippen molar-refractivity contribution >= 4 is 0 Å². The van der Waals surface area contributed by atoms with Crippen LogP contribution in [0, 0.1) is 0 Å². The Bertz CT molecular complexity index is 661. The molecule has 106 valence electrons. The Morgan fingerprint density at radius 1 is 1.25 bits per heavy atom. The molecule has 2 heterocycles. The summed E-state index contributed by atoms with van der Waals surface area (Å²) in [4.78, 5) is 11.8. The first-order valence-corrected chi connectivity index (χ1v) is 6.38. The number of aliphatic hydroxyl groups is 1. The van der Waals surface area contributed by atoms with E-state index in [4.69, 9.17) is 19.0 Å². The van der Waals surface area contributed by atoms with Crippen LogP contribution in [0.4, 0.5) is 0 Å². The second-order valence-electron chi connectivity index (χ2n) is 4.33. The van der Waals surface area contributed by atoms with Crippen LogP contribution >= 0.6 is 0 Å². The number of hydrogen-bond acceptors (Lipinski definition) is 6. The van der Waals surface area contributed by atoms with Gasteiger partial charge >= 0.3 is 5.76 Å². The van der Waals surface area contributed by atoms with Gasteiger partial charge in [-0.1, -0.05) is 0 Å². The minimum Gasteiger partial charge on any atom is -0.486 e. The number of nitrogens with zero attached hydrogens (tertiary/aromatic N) is 2. The highest BCUT2D eigenvalue weighted by Gasteiger charge is 2.15. The molecule has 0 aliphatic carbocycles. The van der Waals surface area contributed by atoms with Crippen molar-refractivity contribution in [3.63, 3.8) is 0 Å². The summed E-state index contributed by atoms with van der Waals surface area (Å²) >= 11 is 0. The van der Waals surface area contributed by atoms with Crippen molar-refractivity contribution in [3.8, 4) is 17.2 Å². The Morgan fingerprint density at radius 2 is 2.05 bits per heavy atom. The second kappa shape index (κ2) is 5.38. The highest BCUT2D eigenvalue weighted by Crippen LogP contribution is 2.31. The number of hydrogen-bond donors (Lipinski definition) is 1. The Balaban J connectivity index is 1.92. The number of fused-ring (bicyclic) bond motifs is 1. The quantitative estimate of drug-likeness (QED) is 0.877. The zero-order valence-electron chi connectivity index (χ0n) is 10.7. The summed E-state index contributed by atoms with van der Waals surface area (Å²) in [6.45, 7) is 1.02. The molecule has 2 aromatic rings. The fraction of sp³-hybridized carbons (Fsp3) is 0.385. The Labute approximate surface area is 114 Å². The Hall–Kier alpha value is -2.28. The van der Waals surface area contributed by atoms with E-state index in [0.29, 0.717) is 49.1 Å². The monoisotopic (exact) mass is 278 g/mol. The fourth-order valence-corrected chi connectivity index (χ4v) is 1.98. The number of benzene rings is 1. The van der Waals surface area contributed by atoms with E-state index in [1.807, 2.05) is 0 Å². The van der Waals surface area contributed by atoms with E-state index >= 15 is 0 Å². The van der Waals surface area contributed by atoms with Gasteiger partial charge in [-0.05, 0) is 18.6 Å². The lowest BCUT2D eigenvalue weighted by Gasteiger charge is -2.18. The lowest BCUT2D eigenvalue weighted by molar-refractivity contribution is 0.171. The van der Waals surface area contributed by atoms with E-state index in [0.717, 1.165) is 0 Å². The first-order chi connectivity index (χ1) is 9.78. The molecule has 0 spiro atoms. The molecule has 3 rings (SSSR count). The molecule has 1 aliphatic heterocycles. The molecular weight excluding hydrogens is 264 g/mol. The van der Waals surface area contributed by atoms with Crippen molar-refractivity contribution in [2.75, 3.05) is 19.8 Å². The lowest BCUT2D eigenvalue weighted by atomic mass is 10.2. The zero-order valence-corrected chi connectivity index (χ0v) is 10.7. The van der Waals surface area contributed by atoms with E-state index in [-0.39, 0.29) is 6.61 Å². The van der Waals surface area contributed by atoms with Gasteiger partial charge in [0.1, 0.15) is 13.2 Å². The molecule has 1 aromatic heterocycles. The maximum absolute atomic E-state index is 11.8. The van der Waals surface area contributed by atoms with Crippen LogP contribution in [0.2, 0.25) is 0 Å². The van der Waals surface area contributed by atoms with Gasteiger partial charge in [-0.2, -0.15) is 4.68 Å². The smallest absolute Gasteiger partial charge is 0.441 e. The summed E-state index contributed by atoms with van der Waals surface area (Å²) in [5, 5.41) is 12.9. The van der Waals surface area contributed by atoms with Gasteiger partial charge in [0.25, 0.3) is 0 Å². The van der Waals surface area contributed by atoms with E-state index in [2.05, 4.69) is 5.10 Å². The Kier molecular flexibility index (Phi) is 3.42. The van der Waals surface area contributed by atoms with E-state index < -0.39 is 5.76 Å². The van der Waals surface area contributed by atoms with Gasteiger partial charge in [0.2, 0.25) is 5.89 Å². The predicted octanol–water partition coefficient (Wildman–Crippen LogP) is 0.522. The number of ether oxygens (including phenoxy) is 2. The van der Waals surface area contributed by atoms with Crippen molar-refractivity contribution in [1.82, 2.24) is 9.78 Å². The average Bonchev–Trinajstić information content (AvgIpc) is 2.85. The van der Waals surface area contributed by atoms with Gasteiger partial charge in [0, 0.05) is 19.1 Å². The maximum Gasteiger partial charge on any atom is 0.441 e. The van der Waals surface area contributed by atoms with Crippen LogP contribution in [0.3, 0.4) is 0 Å². The first kappa shape index (κ1) is 12.7. The molecule has 1 aliphatic rings. The molecule has 20 heavy (non-hydrogen) atoms. The van der Waals surface area contributed by atoms with Crippen molar-refractivity contribution in [1.29, 1.82) is 0 Å². The molecule has 7 nitrogen and oxygen atoms in total. The summed E-state index contributed by atoms with van der Waals surface area (Å²) in [6, 6.07) is 5.14. The third-order valence-corrected chi connectivity index (χ3v) is 2.91. The standard InChI is InChI=1S/C13H14N2O5/c16-5-1-2-12-14-15(13(17)20-12)9-3-4-10-11(8-9)19-7-6-18-10/h3-4,8,16H,1-2,5-7H2. The maximum atomic E-state index is 11.8. The molecular formula is C13H14N2O5. The molecule has 1 N–H and O–H groups in total. The number of aliphatic hydroxyl groups excluding tert-OH is 1. The van der Waals surface area contributed by atoms with E-state index in [1.54, 1.807) is 18.2 Å². The summed E-state index contributed by atoms with van der Waals surface area (Å²) < 4.78 is 17.1. The molecule has 1 aromatic carbocycles. The molecule has 7 heteroatoms. The SMILES string of the molecule is O=c1oc(CCCO)nn1-c1ccc2c(c1)OCCO2. The molecule has 0 saturated heterocycles. The van der Waals surface area contributed by atoms with Gasteiger partial charge in [0.15, 0.2) is 11.5 Å². The Morgan fingerprint density at radius 3 is 2.85 bits per heavy atom. The highest BCUT2D eigenvalue weighted by molar-refractivity contribution is 5.48. The minimum absolute atomic E-state index is 0.0284. The lowest BCUT2D eigenvalue weighted by Crippen LogP contribution is -2.17. The van der Waals surface area contributed by atoms with Crippen LogP contribution in [-0.2, 0) is 6.42 Å². The molecule has 0 atom stereocenters. The second-order valence-corrected chi connectivity index (χ2v) is 4.33. The van der Waals surface area contributed by atoms with Crippen molar-refractivity contribution in [3.05, 3.63) is 34.6 Å². The van der Waals surface area contributed by atoms with Crippen LogP contribution in [0.15, 0.2) is 27.4 Å². The molecule has 0 saturated carbocycles. The summed E-state index contributed by atoms with van der Waals surface area (Å²) in [5.74, 6) is 0.978. The molecule has 0 fully saturated rings. The highest BCUT2D eigenvalue weighted by atomic mass is 16.6. The topological polar surface area (TPSA) is 86.7 Å². The van der Waals surface area contributed by atoms with Crippen molar-refractivity contribution in [2.45, 2.75) is 12.8 Å². The summed E-state index contributed by atoms with van der Waals surface area (Å²) in [6.07, 6.45) is 0.921. The number of rotatable bonds is 4. The number of aromatic nitrogens is 2. The van der Waals surface area contributed by atoms with Gasteiger partial charge < -0.3 is 19.0 Å². The van der Waals surface area contributed by atoms with Gasteiger partial charge in [0.05, 0.1) is 5.69 Å². The van der Waals surface area contributed by atoms with Gasteiger partial charge in [-0.3, -0.25) is 0 Å². The van der Waals surface area contributed by atoms with Crippen molar-refractivity contribution in [2.24, 2.45) is 0 Å². The molecule has 0 bridgehead atoms. The van der Waals surface area contributed by atoms with Gasteiger partial charge in [-0.15, -0.1) is 5.10 Å². The zero-order chi connectivity index (χ0) is 13.9. The van der Waals surface area contributed by atoms with Gasteiger partial charge in [-0.25, -0.2) is 4.79 Å². The third kappa shape index (κ3) is 2.39. The summed E-state index contributed by atoms with van der Waals surface area (Å²) in [7, 11) is 0. The summed E-state index contributed by atoms with van der Waals surface area (Å²) in [5.41, 5.74) is 0.554. The minimum atomic E-state index is -0.561. The van der Waals surface area contributed by atoms with E-state index in [9.17, 15) is 4.79 Å². The normalized spacial score (nSPS) is 13.4.